The van der Waals surface area contributed by atoms with Crippen molar-refractivity contribution >= 4 is 18.3 Å². The highest BCUT2D eigenvalue weighted by molar-refractivity contribution is 5.93. The highest BCUT2D eigenvalue weighted by Gasteiger charge is 2.31. The number of likely N-dealkylation sites (tertiary alicyclic amines) is 1. The average molecular weight is 376 g/mol. The Morgan fingerprint density at radius 3 is 2.62 bits per heavy atom. The van der Waals surface area contributed by atoms with Gasteiger partial charge in [0, 0.05) is 50.9 Å². The van der Waals surface area contributed by atoms with Gasteiger partial charge in [0.25, 0.3) is 5.91 Å². The molecule has 1 amide bonds. The van der Waals surface area contributed by atoms with Crippen LogP contribution in [0.15, 0.2) is 30.3 Å². The number of benzene rings is 1. The quantitative estimate of drug-likeness (QED) is 0.860. The van der Waals surface area contributed by atoms with Crippen molar-refractivity contribution in [2.24, 2.45) is 0 Å². The van der Waals surface area contributed by atoms with E-state index in [2.05, 4.69) is 39.5 Å². The molecule has 1 atom stereocenters. The molecule has 0 aliphatic carbocycles. The highest BCUT2D eigenvalue weighted by Crippen LogP contribution is 2.21. The number of rotatable bonds is 3. The van der Waals surface area contributed by atoms with E-state index in [1.165, 1.54) is 5.56 Å². The molecule has 1 aromatic heterocycles. The summed E-state index contributed by atoms with van der Waals surface area (Å²) in [5.41, 5.74) is 3.64. The van der Waals surface area contributed by atoms with E-state index in [-0.39, 0.29) is 18.3 Å². The Labute approximate surface area is 160 Å². The van der Waals surface area contributed by atoms with Crippen molar-refractivity contribution in [1.29, 1.82) is 0 Å². The zero-order chi connectivity index (χ0) is 17.2. The van der Waals surface area contributed by atoms with Gasteiger partial charge in [-0.25, -0.2) is 0 Å². The minimum absolute atomic E-state index is 0. The van der Waals surface area contributed by atoms with Gasteiger partial charge in [0.2, 0.25) is 0 Å². The zero-order valence-corrected chi connectivity index (χ0v) is 15.9. The Bertz CT molecular complexity index is 739. The number of carbonyl (C=O) groups excluding carboxylic acids is 1. The van der Waals surface area contributed by atoms with Gasteiger partial charge in [0.1, 0.15) is 5.69 Å². The van der Waals surface area contributed by atoms with Gasteiger partial charge in [-0.3, -0.25) is 14.8 Å². The van der Waals surface area contributed by atoms with Crippen LogP contribution in [0.4, 0.5) is 0 Å². The van der Waals surface area contributed by atoms with Crippen LogP contribution in [0.1, 0.15) is 22.5 Å². The fraction of sp³-hybridized carbons (Fsp3) is 0.474. The van der Waals surface area contributed by atoms with Crippen molar-refractivity contribution in [1.82, 2.24) is 25.3 Å². The first kappa shape index (κ1) is 18.9. The molecule has 1 unspecified atom stereocenters. The maximum Gasteiger partial charge on any atom is 0.271 e. The van der Waals surface area contributed by atoms with Crippen molar-refractivity contribution in [3.8, 4) is 11.3 Å². The lowest BCUT2D eigenvalue weighted by Gasteiger charge is -2.32. The first-order valence-electron chi connectivity index (χ1n) is 9.07. The molecule has 140 valence electrons. The molecule has 0 saturated carbocycles. The Morgan fingerprint density at radius 1 is 1.15 bits per heavy atom. The third kappa shape index (κ3) is 3.92. The van der Waals surface area contributed by atoms with Crippen LogP contribution in [0.5, 0.6) is 0 Å². The Balaban J connectivity index is 0.00000196. The number of amides is 1. The standard InChI is InChI=1S/C19H25N5O.ClH/c1-14-2-4-15(5-3-14)17-12-18(22-21-17)19(25)24-9-6-16(13-24)23-10-7-20-8-11-23;/h2-5,12,16,20H,6-11,13H2,1H3,(H,21,22);1H. The summed E-state index contributed by atoms with van der Waals surface area (Å²) in [4.78, 5) is 17.3. The van der Waals surface area contributed by atoms with Gasteiger partial charge in [-0.15, -0.1) is 12.4 Å². The molecule has 0 bridgehead atoms. The second kappa shape index (κ2) is 8.20. The molecule has 2 aliphatic rings. The fourth-order valence-corrected chi connectivity index (χ4v) is 3.75. The second-order valence-electron chi connectivity index (χ2n) is 7.01. The van der Waals surface area contributed by atoms with Gasteiger partial charge in [0.15, 0.2) is 0 Å². The predicted molar refractivity (Wildman–Crippen MR) is 105 cm³/mol. The van der Waals surface area contributed by atoms with Gasteiger partial charge in [-0.2, -0.15) is 5.10 Å². The van der Waals surface area contributed by atoms with Crippen molar-refractivity contribution in [2.45, 2.75) is 19.4 Å². The number of aryl methyl sites for hydroxylation is 1. The van der Waals surface area contributed by atoms with Crippen molar-refractivity contribution in [3.63, 3.8) is 0 Å². The van der Waals surface area contributed by atoms with E-state index in [1.54, 1.807) is 0 Å². The topological polar surface area (TPSA) is 64.3 Å². The van der Waals surface area contributed by atoms with E-state index in [4.69, 9.17) is 0 Å². The lowest BCUT2D eigenvalue weighted by atomic mass is 10.1. The van der Waals surface area contributed by atoms with Crippen LogP contribution in [0.2, 0.25) is 0 Å². The lowest BCUT2D eigenvalue weighted by Crippen LogP contribution is -2.49. The maximum atomic E-state index is 12.8. The molecule has 2 N–H and O–H groups in total. The fourth-order valence-electron chi connectivity index (χ4n) is 3.75. The summed E-state index contributed by atoms with van der Waals surface area (Å²) in [6.45, 7) is 7.95. The molecule has 2 aromatic rings. The minimum atomic E-state index is 0. The van der Waals surface area contributed by atoms with Crippen molar-refractivity contribution < 1.29 is 4.79 Å². The number of hydrogen-bond acceptors (Lipinski definition) is 4. The lowest BCUT2D eigenvalue weighted by molar-refractivity contribution is 0.0767. The molecule has 2 fully saturated rings. The number of aromatic amines is 1. The normalized spacial score (nSPS) is 20.8. The van der Waals surface area contributed by atoms with Gasteiger partial charge >= 0.3 is 0 Å². The largest absolute Gasteiger partial charge is 0.336 e. The molecule has 2 aliphatic heterocycles. The van der Waals surface area contributed by atoms with E-state index in [9.17, 15) is 4.79 Å². The number of hydrogen-bond donors (Lipinski definition) is 2. The van der Waals surface area contributed by atoms with Crippen LogP contribution in [0, 0.1) is 6.92 Å². The van der Waals surface area contributed by atoms with Gasteiger partial charge in [-0.05, 0) is 19.4 Å². The van der Waals surface area contributed by atoms with Gasteiger partial charge in [0.05, 0.1) is 5.69 Å². The minimum Gasteiger partial charge on any atom is -0.336 e. The van der Waals surface area contributed by atoms with Crippen molar-refractivity contribution in [2.75, 3.05) is 39.3 Å². The number of carbonyl (C=O) groups is 1. The molecule has 0 spiro atoms. The first-order chi connectivity index (χ1) is 12.2. The molecule has 7 heteroatoms. The van der Waals surface area contributed by atoms with Crippen LogP contribution in [-0.4, -0.2) is 71.2 Å². The van der Waals surface area contributed by atoms with Crippen LogP contribution in [-0.2, 0) is 0 Å². The van der Waals surface area contributed by atoms with E-state index in [0.29, 0.717) is 11.7 Å². The molecule has 1 aromatic carbocycles. The van der Waals surface area contributed by atoms with Crippen LogP contribution in [0.3, 0.4) is 0 Å². The predicted octanol–water partition coefficient (Wildman–Crippen LogP) is 1.93. The van der Waals surface area contributed by atoms with Gasteiger partial charge < -0.3 is 10.2 Å². The third-order valence-corrected chi connectivity index (χ3v) is 5.27. The second-order valence-corrected chi connectivity index (χ2v) is 7.01. The van der Waals surface area contributed by atoms with Gasteiger partial charge in [-0.1, -0.05) is 29.8 Å². The van der Waals surface area contributed by atoms with Crippen molar-refractivity contribution in [3.05, 3.63) is 41.6 Å². The Kier molecular flexibility index (Phi) is 5.96. The number of nitrogens with zero attached hydrogens (tertiary/aromatic N) is 3. The Hall–Kier alpha value is -1.89. The van der Waals surface area contributed by atoms with E-state index >= 15 is 0 Å². The highest BCUT2D eigenvalue weighted by atomic mass is 35.5. The zero-order valence-electron chi connectivity index (χ0n) is 15.1. The summed E-state index contributed by atoms with van der Waals surface area (Å²) in [5.74, 6) is 0.0588. The average Bonchev–Trinajstić information content (AvgIpc) is 3.33. The summed E-state index contributed by atoms with van der Waals surface area (Å²) < 4.78 is 0. The number of nitrogens with one attached hydrogen (secondary N) is 2. The number of aromatic nitrogens is 2. The van der Waals surface area contributed by atoms with Crippen LogP contribution < -0.4 is 5.32 Å². The monoisotopic (exact) mass is 375 g/mol. The van der Waals surface area contributed by atoms with E-state index in [0.717, 1.165) is 56.9 Å². The molecule has 4 rings (SSSR count). The Morgan fingerprint density at radius 2 is 1.88 bits per heavy atom. The van der Waals surface area contributed by atoms with Crippen LogP contribution in [0.25, 0.3) is 11.3 Å². The van der Waals surface area contributed by atoms with Crippen LogP contribution >= 0.6 is 12.4 Å². The molecule has 6 nitrogen and oxygen atoms in total. The summed E-state index contributed by atoms with van der Waals surface area (Å²) in [6, 6.07) is 10.6. The molecule has 3 heterocycles. The van der Waals surface area contributed by atoms with E-state index < -0.39 is 0 Å². The first-order valence-corrected chi connectivity index (χ1v) is 9.07. The molecule has 26 heavy (non-hydrogen) atoms. The maximum absolute atomic E-state index is 12.8. The number of H-pyrrole nitrogens is 1. The molecular weight excluding hydrogens is 350 g/mol. The number of piperazine rings is 1. The summed E-state index contributed by atoms with van der Waals surface area (Å²) in [7, 11) is 0. The summed E-state index contributed by atoms with van der Waals surface area (Å²) >= 11 is 0. The van der Waals surface area contributed by atoms with E-state index in [1.807, 2.05) is 23.1 Å². The third-order valence-electron chi connectivity index (χ3n) is 5.27. The summed E-state index contributed by atoms with van der Waals surface area (Å²) in [6.07, 6.45) is 1.06. The SMILES string of the molecule is Cc1ccc(-c2cc(C(=O)N3CCC(N4CCNCC4)C3)[nH]n2)cc1.Cl. The smallest absolute Gasteiger partial charge is 0.271 e. The molecule has 2 saturated heterocycles. The molecule has 0 radical (unpaired) electrons. The number of halogens is 1. The molecular formula is C19H26ClN5O. The summed E-state index contributed by atoms with van der Waals surface area (Å²) in [5, 5.41) is 10.6.